The summed E-state index contributed by atoms with van der Waals surface area (Å²) in [6, 6.07) is 11.3. The van der Waals surface area contributed by atoms with Gasteiger partial charge in [-0.3, -0.25) is 19.6 Å². The second-order valence-electron chi connectivity index (χ2n) is 6.49. The van der Waals surface area contributed by atoms with E-state index in [4.69, 9.17) is 0 Å². The zero-order valence-corrected chi connectivity index (χ0v) is 17.8. The van der Waals surface area contributed by atoms with Crippen molar-refractivity contribution in [1.82, 2.24) is 15.2 Å². The molecule has 0 fully saturated rings. The van der Waals surface area contributed by atoms with Crippen LogP contribution in [0.1, 0.15) is 27.2 Å². The standard InChI is InChI=1S/C21H18BrN5O4/c1-2-4-15-5-3-6-16(20(15)28)11-23-24-21(29)19-18(22)13-26(25-19)12-14-7-9-17(10-8-14)27(30)31/h2-3,5-11,13,28H,1,4,12H2,(H,24,29)/b23-11+. The number of phenolic OH excluding ortho intramolecular Hbond substituents is 1. The van der Waals surface area contributed by atoms with E-state index in [1.165, 1.54) is 23.0 Å². The third kappa shape index (κ3) is 5.43. The number of hydrogen-bond acceptors (Lipinski definition) is 6. The topological polar surface area (TPSA) is 123 Å². The number of aromatic nitrogens is 2. The van der Waals surface area contributed by atoms with E-state index in [1.807, 2.05) is 0 Å². The lowest BCUT2D eigenvalue weighted by Gasteiger charge is -2.04. The fourth-order valence-corrected chi connectivity index (χ4v) is 3.29. The predicted molar refractivity (Wildman–Crippen MR) is 119 cm³/mol. The number of nitro benzene ring substituents is 1. The summed E-state index contributed by atoms with van der Waals surface area (Å²) in [4.78, 5) is 22.7. The Bertz CT molecular complexity index is 1160. The van der Waals surface area contributed by atoms with E-state index in [0.717, 1.165) is 5.56 Å². The number of allylic oxidation sites excluding steroid dienone is 1. The van der Waals surface area contributed by atoms with Crippen LogP contribution >= 0.6 is 15.9 Å². The lowest BCUT2D eigenvalue weighted by atomic mass is 10.1. The SMILES string of the molecule is C=CCc1cccc(/C=N/NC(=O)c2nn(Cc3ccc([N+](=O)[O-])cc3)cc2Br)c1O. The van der Waals surface area contributed by atoms with Crippen LogP contribution in [-0.2, 0) is 13.0 Å². The molecular formula is C21H18BrN5O4. The number of nitrogens with one attached hydrogen (secondary N) is 1. The van der Waals surface area contributed by atoms with E-state index in [2.05, 4.69) is 38.1 Å². The van der Waals surface area contributed by atoms with Crippen LogP contribution in [0.3, 0.4) is 0 Å². The Morgan fingerprint density at radius 2 is 2.06 bits per heavy atom. The van der Waals surface area contributed by atoms with Gasteiger partial charge in [0, 0.05) is 23.9 Å². The number of non-ortho nitro benzene ring substituents is 1. The van der Waals surface area contributed by atoms with Gasteiger partial charge in [-0.25, -0.2) is 5.43 Å². The number of carbonyl (C=O) groups is 1. The molecule has 0 unspecified atom stereocenters. The molecule has 0 bridgehead atoms. The quantitative estimate of drug-likeness (QED) is 0.218. The molecule has 0 aliphatic carbocycles. The molecule has 1 aromatic heterocycles. The van der Waals surface area contributed by atoms with Crippen molar-refractivity contribution in [2.45, 2.75) is 13.0 Å². The second-order valence-corrected chi connectivity index (χ2v) is 7.35. The zero-order valence-electron chi connectivity index (χ0n) is 16.2. The Hall–Kier alpha value is -3.79. The lowest BCUT2D eigenvalue weighted by molar-refractivity contribution is -0.384. The van der Waals surface area contributed by atoms with Gasteiger partial charge in [-0.05, 0) is 39.5 Å². The summed E-state index contributed by atoms with van der Waals surface area (Å²) in [7, 11) is 0. The molecular weight excluding hydrogens is 466 g/mol. The molecule has 0 aliphatic heterocycles. The summed E-state index contributed by atoms with van der Waals surface area (Å²) in [6.07, 6.45) is 5.17. The Labute approximate surface area is 186 Å². The van der Waals surface area contributed by atoms with E-state index in [9.17, 15) is 20.0 Å². The number of rotatable bonds is 8. The number of amides is 1. The molecule has 0 spiro atoms. The molecule has 3 aromatic rings. The van der Waals surface area contributed by atoms with Gasteiger partial charge in [0.25, 0.3) is 11.6 Å². The summed E-state index contributed by atoms with van der Waals surface area (Å²) in [5.74, 6) is -0.457. The average molecular weight is 484 g/mol. The van der Waals surface area contributed by atoms with Gasteiger partial charge < -0.3 is 5.11 Å². The molecule has 0 saturated carbocycles. The van der Waals surface area contributed by atoms with Gasteiger partial charge in [-0.15, -0.1) is 6.58 Å². The summed E-state index contributed by atoms with van der Waals surface area (Å²) >= 11 is 3.30. The van der Waals surface area contributed by atoms with Crippen molar-refractivity contribution in [3.05, 3.63) is 98.3 Å². The largest absolute Gasteiger partial charge is 0.507 e. The molecule has 10 heteroatoms. The number of halogens is 1. The number of nitro groups is 1. The minimum absolute atomic E-state index is 0.00406. The predicted octanol–water partition coefficient (Wildman–Crippen LogP) is 3.80. The molecule has 1 heterocycles. The van der Waals surface area contributed by atoms with Crippen molar-refractivity contribution < 1.29 is 14.8 Å². The first kappa shape index (κ1) is 21.9. The molecule has 31 heavy (non-hydrogen) atoms. The fraction of sp³-hybridized carbons (Fsp3) is 0.0952. The monoisotopic (exact) mass is 483 g/mol. The molecule has 0 radical (unpaired) electrons. The molecule has 1 amide bonds. The number of hydrogen-bond donors (Lipinski definition) is 2. The third-order valence-electron chi connectivity index (χ3n) is 4.31. The Balaban J connectivity index is 1.67. The van der Waals surface area contributed by atoms with Gasteiger partial charge in [0.05, 0.1) is 22.2 Å². The van der Waals surface area contributed by atoms with Crippen LogP contribution in [0.2, 0.25) is 0 Å². The van der Waals surface area contributed by atoms with Gasteiger partial charge in [-0.2, -0.15) is 10.2 Å². The van der Waals surface area contributed by atoms with Crippen LogP contribution < -0.4 is 5.43 Å². The van der Waals surface area contributed by atoms with Gasteiger partial charge >= 0.3 is 0 Å². The van der Waals surface area contributed by atoms with Crippen LogP contribution in [0.4, 0.5) is 5.69 Å². The molecule has 9 nitrogen and oxygen atoms in total. The van der Waals surface area contributed by atoms with Crippen molar-refractivity contribution in [3.8, 4) is 5.75 Å². The van der Waals surface area contributed by atoms with E-state index >= 15 is 0 Å². The number of aromatic hydroxyl groups is 1. The Morgan fingerprint density at radius 3 is 2.74 bits per heavy atom. The van der Waals surface area contributed by atoms with Crippen molar-refractivity contribution >= 4 is 33.7 Å². The highest BCUT2D eigenvalue weighted by molar-refractivity contribution is 9.10. The highest BCUT2D eigenvalue weighted by Gasteiger charge is 2.15. The first-order valence-electron chi connectivity index (χ1n) is 9.10. The minimum Gasteiger partial charge on any atom is -0.507 e. The van der Waals surface area contributed by atoms with Crippen molar-refractivity contribution in [1.29, 1.82) is 0 Å². The van der Waals surface area contributed by atoms with Crippen LogP contribution in [0.25, 0.3) is 0 Å². The van der Waals surface area contributed by atoms with Crippen LogP contribution in [0.15, 0.2) is 70.9 Å². The van der Waals surface area contributed by atoms with Crippen LogP contribution in [-0.4, -0.2) is 31.9 Å². The van der Waals surface area contributed by atoms with Gasteiger partial charge in [0.1, 0.15) is 5.75 Å². The van der Waals surface area contributed by atoms with E-state index in [1.54, 1.807) is 42.6 Å². The van der Waals surface area contributed by atoms with Crippen molar-refractivity contribution in [3.63, 3.8) is 0 Å². The second kappa shape index (κ2) is 9.81. The maximum atomic E-state index is 12.4. The number of phenols is 1. The van der Waals surface area contributed by atoms with Gasteiger partial charge in [0.2, 0.25) is 0 Å². The van der Waals surface area contributed by atoms with Crippen molar-refractivity contribution in [2.24, 2.45) is 5.10 Å². The minimum atomic E-state index is -0.535. The Kier molecular flexibility index (Phi) is 6.93. The van der Waals surface area contributed by atoms with E-state index in [0.29, 0.717) is 28.6 Å². The molecule has 0 atom stereocenters. The maximum Gasteiger partial charge on any atom is 0.293 e. The number of carbonyl (C=O) groups excluding carboxylic acids is 1. The van der Waals surface area contributed by atoms with E-state index in [-0.39, 0.29) is 17.1 Å². The normalized spacial score (nSPS) is 10.9. The average Bonchev–Trinajstić information content (AvgIpc) is 3.11. The number of hydrazone groups is 1. The first-order valence-corrected chi connectivity index (χ1v) is 9.89. The molecule has 0 saturated heterocycles. The molecule has 158 valence electrons. The summed E-state index contributed by atoms with van der Waals surface area (Å²) < 4.78 is 2.01. The molecule has 2 aromatic carbocycles. The Morgan fingerprint density at radius 1 is 1.32 bits per heavy atom. The first-order chi connectivity index (χ1) is 14.9. The molecule has 3 rings (SSSR count). The summed E-state index contributed by atoms with van der Waals surface area (Å²) in [6.45, 7) is 3.98. The maximum absolute atomic E-state index is 12.4. The number of para-hydroxylation sites is 1. The third-order valence-corrected chi connectivity index (χ3v) is 4.89. The number of nitrogens with zero attached hydrogens (tertiary/aromatic N) is 4. The zero-order chi connectivity index (χ0) is 22.4. The number of benzene rings is 2. The van der Waals surface area contributed by atoms with Crippen LogP contribution in [0.5, 0.6) is 5.75 Å². The summed E-state index contributed by atoms with van der Waals surface area (Å²) in [5, 5.41) is 29.1. The van der Waals surface area contributed by atoms with Crippen LogP contribution in [0, 0.1) is 10.1 Å². The molecule has 2 N–H and O–H groups in total. The van der Waals surface area contributed by atoms with Crippen molar-refractivity contribution in [2.75, 3.05) is 0 Å². The highest BCUT2D eigenvalue weighted by Crippen LogP contribution is 2.22. The van der Waals surface area contributed by atoms with E-state index < -0.39 is 10.8 Å². The fourth-order valence-electron chi connectivity index (χ4n) is 2.79. The smallest absolute Gasteiger partial charge is 0.293 e. The lowest BCUT2D eigenvalue weighted by Crippen LogP contribution is -2.19. The molecule has 0 aliphatic rings. The summed E-state index contributed by atoms with van der Waals surface area (Å²) in [5.41, 5.74) is 4.47. The highest BCUT2D eigenvalue weighted by atomic mass is 79.9. The van der Waals surface area contributed by atoms with Gasteiger partial charge in [0.15, 0.2) is 5.69 Å². The van der Waals surface area contributed by atoms with Gasteiger partial charge in [-0.1, -0.05) is 30.3 Å².